The van der Waals surface area contributed by atoms with Gasteiger partial charge in [-0.05, 0) is 35.4 Å². The van der Waals surface area contributed by atoms with E-state index in [0.29, 0.717) is 11.9 Å². The second-order valence-corrected chi connectivity index (χ2v) is 6.28. The molecule has 1 saturated heterocycles. The van der Waals surface area contributed by atoms with Gasteiger partial charge in [-0.1, -0.05) is 0 Å². The summed E-state index contributed by atoms with van der Waals surface area (Å²) < 4.78 is 8.05. The van der Waals surface area contributed by atoms with Gasteiger partial charge in [-0.3, -0.25) is 0 Å². The molecule has 21 heavy (non-hydrogen) atoms. The minimum Gasteiger partial charge on any atom is -0.383 e. The lowest BCUT2D eigenvalue weighted by Crippen LogP contribution is -2.36. The molecular weight excluding hydrogens is 383 g/mol. The van der Waals surface area contributed by atoms with Gasteiger partial charge in [0.15, 0.2) is 5.65 Å². The first-order chi connectivity index (χ1) is 10.2. The number of hydrogen-bond acceptors (Lipinski definition) is 6. The van der Waals surface area contributed by atoms with Crippen molar-refractivity contribution >= 4 is 39.4 Å². The van der Waals surface area contributed by atoms with E-state index in [1.165, 1.54) is 6.33 Å². The SMILES string of the molecule is COCCN1CCC(n2nc(I)c3c(N)ncnc32)CC1. The Hall–Kier alpha value is -1.00. The molecule has 0 bridgehead atoms. The van der Waals surface area contributed by atoms with Crippen LogP contribution in [0.25, 0.3) is 11.0 Å². The molecule has 0 unspecified atom stereocenters. The Morgan fingerprint density at radius 1 is 1.38 bits per heavy atom. The van der Waals surface area contributed by atoms with Gasteiger partial charge in [0.25, 0.3) is 0 Å². The van der Waals surface area contributed by atoms with Crippen molar-refractivity contribution in [2.75, 3.05) is 39.1 Å². The van der Waals surface area contributed by atoms with Crippen molar-refractivity contribution in [1.29, 1.82) is 0 Å². The molecule has 0 saturated carbocycles. The number of nitrogen functional groups attached to an aromatic ring is 1. The molecule has 1 aliphatic heterocycles. The fourth-order valence-corrected chi connectivity index (χ4v) is 3.57. The maximum Gasteiger partial charge on any atom is 0.164 e. The van der Waals surface area contributed by atoms with Gasteiger partial charge in [-0.2, -0.15) is 5.10 Å². The summed E-state index contributed by atoms with van der Waals surface area (Å²) in [6, 6.07) is 0.379. The summed E-state index contributed by atoms with van der Waals surface area (Å²) in [5.74, 6) is 0.508. The third kappa shape index (κ3) is 2.97. The molecule has 2 aromatic rings. The summed E-state index contributed by atoms with van der Waals surface area (Å²) in [5.41, 5.74) is 6.79. The van der Waals surface area contributed by atoms with Crippen molar-refractivity contribution in [3.63, 3.8) is 0 Å². The number of ether oxygens (including phenoxy) is 1. The predicted octanol–water partition coefficient (Wildman–Crippen LogP) is 1.30. The zero-order valence-corrected chi connectivity index (χ0v) is 14.2. The van der Waals surface area contributed by atoms with E-state index in [-0.39, 0.29) is 0 Å². The minimum atomic E-state index is 0.379. The highest BCUT2D eigenvalue weighted by Gasteiger charge is 2.24. The fourth-order valence-electron chi connectivity index (χ4n) is 2.82. The summed E-state index contributed by atoms with van der Waals surface area (Å²) >= 11 is 2.20. The van der Waals surface area contributed by atoms with Crippen LogP contribution in [0.2, 0.25) is 0 Å². The van der Waals surface area contributed by atoms with Gasteiger partial charge < -0.3 is 15.4 Å². The van der Waals surface area contributed by atoms with Crippen LogP contribution in [0.3, 0.4) is 0 Å². The number of likely N-dealkylation sites (tertiary alicyclic amines) is 1. The average Bonchev–Trinajstić information content (AvgIpc) is 2.84. The van der Waals surface area contributed by atoms with Crippen molar-refractivity contribution in [2.45, 2.75) is 18.9 Å². The lowest BCUT2D eigenvalue weighted by Gasteiger charge is -2.31. The van der Waals surface area contributed by atoms with Crippen molar-refractivity contribution in [1.82, 2.24) is 24.6 Å². The molecule has 3 rings (SSSR count). The number of nitrogens with two attached hydrogens (primary N) is 1. The fraction of sp³-hybridized carbons (Fsp3) is 0.615. The van der Waals surface area contributed by atoms with Crippen LogP contribution in [-0.4, -0.2) is 58.0 Å². The highest BCUT2D eigenvalue weighted by atomic mass is 127. The van der Waals surface area contributed by atoms with Crippen LogP contribution in [0.5, 0.6) is 0 Å². The molecule has 8 heteroatoms. The van der Waals surface area contributed by atoms with Crippen molar-refractivity contribution in [3.05, 3.63) is 10.0 Å². The van der Waals surface area contributed by atoms with Crippen LogP contribution in [0.4, 0.5) is 5.82 Å². The highest BCUT2D eigenvalue weighted by molar-refractivity contribution is 14.1. The number of methoxy groups -OCH3 is 1. The van der Waals surface area contributed by atoms with Gasteiger partial charge in [-0.15, -0.1) is 0 Å². The molecule has 0 aromatic carbocycles. The van der Waals surface area contributed by atoms with Crippen molar-refractivity contribution in [3.8, 4) is 0 Å². The predicted molar refractivity (Wildman–Crippen MR) is 89.0 cm³/mol. The van der Waals surface area contributed by atoms with E-state index >= 15 is 0 Å². The largest absolute Gasteiger partial charge is 0.383 e. The number of aromatic nitrogens is 4. The Morgan fingerprint density at radius 3 is 2.86 bits per heavy atom. The zero-order chi connectivity index (χ0) is 14.8. The summed E-state index contributed by atoms with van der Waals surface area (Å²) in [5, 5.41) is 5.51. The third-order valence-electron chi connectivity index (χ3n) is 3.99. The molecule has 1 fully saturated rings. The Kier molecular flexibility index (Phi) is 4.55. The van der Waals surface area contributed by atoms with E-state index in [0.717, 1.165) is 53.8 Å². The highest BCUT2D eigenvalue weighted by Crippen LogP contribution is 2.29. The standard InChI is InChI=1S/C13H19IN6O/c1-21-7-6-19-4-2-9(3-5-19)20-13-10(11(14)18-20)12(15)16-8-17-13/h8-9H,2-7H2,1H3,(H2,15,16,17). The van der Waals surface area contributed by atoms with E-state index in [1.807, 2.05) is 4.68 Å². The van der Waals surface area contributed by atoms with E-state index in [9.17, 15) is 0 Å². The second-order valence-electron chi connectivity index (χ2n) is 5.26. The lowest BCUT2D eigenvalue weighted by molar-refractivity contribution is 0.120. The monoisotopic (exact) mass is 402 g/mol. The third-order valence-corrected chi connectivity index (χ3v) is 4.75. The average molecular weight is 402 g/mol. The van der Waals surface area contributed by atoms with Crippen molar-refractivity contribution < 1.29 is 4.74 Å². The van der Waals surface area contributed by atoms with Gasteiger partial charge in [0.1, 0.15) is 15.8 Å². The van der Waals surface area contributed by atoms with E-state index < -0.39 is 0 Å². The molecule has 3 heterocycles. The Bertz CT molecular complexity index is 622. The normalized spacial score (nSPS) is 17.6. The first-order valence-corrected chi connectivity index (χ1v) is 8.14. The maximum atomic E-state index is 5.95. The maximum absolute atomic E-state index is 5.95. The molecule has 2 N–H and O–H groups in total. The molecule has 7 nitrogen and oxygen atoms in total. The quantitative estimate of drug-likeness (QED) is 0.777. The molecule has 0 aliphatic carbocycles. The minimum absolute atomic E-state index is 0.379. The number of anilines is 1. The Balaban J connectivity index is 1.78. The first-order valence-electron chi connectivity index (χ1n) is 7.06. The second kappa shape index (κ2) is 6.41. The number of rotatable bonds is 4. The van der Waals surface area contributed by atoms with Crippen LogP contribution in [0, 0.1) is 3.70 Å². The summed E-state index contributed by atoms with van der Waals surface area (Å²) in [7, 11) is 1.74. The topological polar surface area (TPSA) is 82.1 Å². The molecule has 0 amide bonds. The van der Waals surface area contributed by atoms with Gasteiger partial charge in [-0.25, -0.2) is 14.6 Å². The van der Waals surface area contributed by atoms with Crippen LogP contribution in [0.15, 0.2) is 6.33 Å². The van der Waals surface area contributed by atoms with Crippen molar-refractivity contribution in [2.24, 2.45) is 0 Å². The molecular formula is C13H19IN6O. The first kappa shape index (κ1) is 14.9. The summed E-state index contributed by atoms with van der Waals surface area (Å²) in [4.78, 5) is 10.9. The lowest BCUT2D eigenvalue weighted by atomic mass is 10.1. The summed E-state index contributed by atoms with van der Waals surface area (Å²) in [6.07, 6.45) is 3.65. The van der Waals surface area contributed by atoms with Crippen LogP contribution < -0.4 is 5.73 Å². The summed E-state index contributed by atoms with van der Waals surface area (Å²) in [6.45, 7) is 3.91. The van der Waals surface area contributed by atoms with E-state index in [1.54, 1.807) is 7.11 Å². The van der Waals surface area contributed by atoms with E-state index in [2.05, 4.69) is 42.6 Å². The Labute approximate surface area is 137 Å². The van der Waals surface area contributed by atoms with Crippen LogP contribution >= 0.6 is 22.6 Å². The zero-order valence-electron chi connectivity index (χ0n) is 12.0. The molecule has 0 radical (unpaired) electrons. The number of nitrogens with zero attached hydrogens (tertiary/aromatic N) is 5. The smallest absolute Gasteiger partial charge is 0.164 e. The molecule has 0 spiro atoms. The van der Waals surface area contributed by atoms with E-state index in [4.69, 9.17) is 10.5 Å². The van der Waals surface area contributed by atoms with Gasteiger partial charge in [0.05, 0.1) is 18.0 Å². The number of halogens is 1. The molecule has 0 atom stereocenters. The van der Waals surface area contributed by atoms with Gasteiger partial charge >= 0.3 is 0 Å². The van der Waals surface area contributed by atoms with Gasteiger partial charge in [0, 0.05) is 26.7 Å². The number of hydrogen-bond donors (Lipinski definition) is 1. The van der Waals surface area contributed by atoms with Crippen LogP contribution in [-0.2, 0) is 4.74 Å². The molecule has 1 aliphatic rings. The van der Waals surface area contributed by atoms with Crippen LogP contribution in [0.1, 0.15) is 18.9 Å². The number of fused-ring (bicyclic) bond motifs is 1. The van der Waals surface area contributed by atoms with Gasteiger partial charge in [0.2, 0.25) is 0 Å². The number of piperidine rings is 1. The molecule has 114 valence electrons. The Morgan fingerprint density at radius 2 is 2.14 bits per heavy atom. The molecule has 2 aromatic heterocycles.